The lowest BCUT2D eigenvalue weighted by Gasteiger charge is -2.20. The first-order chi connectivity index (χ1) is 11.8. The van der Waals surface area contributed by atoms with Crippen LogP contribution in [0.1, 0.15) is 34.0 Å². The van der Waals surface area contributed by atoms with Gasteiger partial charge in [-0.15, -0.1) is 11.3 Å². The molecule has 2 N–H and O–H groups in total. The zero-order valence-corrected chi connectivity index (χ0v) is 14.1. The third-order valence-electron chi connectivity index (χ3n) is 4.52. The van der Waals surface area contributed by atoms with E-state index in [1.807, 2.05) is 48.7 Å². The minimum atomic E-state index is -0.0991. The van der Waals surface area contributed by atoms with Crippen molar-refractivity contribution >= 4 is 33.1 Å². The molecule has 1 saturated heterocycles. The summed E-state index contributed by atoms with van der Waals surface area (Å²) in [6, 6.07) is 13.7. The Hall–Kier alpha value is -2.24. The Kier molecular flexibility index (Phi) is 4.28. The number of carbonyl (C=O) groups excluding carboxylic acids is 1. The molecule has 0 radical (unpaired) electrons. The number of piperidine rings is 1. The van der Waals surface area contributed by atoms with Crippen LogP contribution < -0.4 is 10.6 Å². The molecule has 122 valence electrons. The van der Waals surface area contributed by atoms with Crippen molar-refractivity contribution < 1.29 is 4.79 Å². The van der Waals surface area contributed by atoms with Crippen LogP contribution in [0.4, 0.5) is 5.13 Å². The van der Waals surface area contributed by atoms with Gasteiger partial charge in [-0.1, -0.05) is 36.4 Å². The summed E-state index contributed by atoms with van der Waals surface area (Å²) in [6.07, 6.45) is 4.19. The average molecular weight is 337 g/mol. The Labute approximate surface area is 144 Å². The molecule has 24 heavy (non-hydrogen) atoms. The molecule has 0 spiro atoms. The minimum Gasteiger partial charge on any atom is -0.317 e. The van der Waals surface area contributed by atoms with Crippen molar-refractivity contribution in [1.29, 1.82) is 0 Å². The number of nitrogens with one attached hydrogen (secondary N) is 2. The number of amides is 1. The summed E-state index contributed by atoms with van der Waals surface area (Å²) >= 11 is 1.60. The molecular weight excluding hydrogens is 318 g/mol. The Morgan fingerprint density at radius 2 is 1.92 bits per heavy atom. The van der Waals surface area contributed by atoms with Gasteiger partial charge in [-0.2, -0.15) is 0 Å². The number of rotatable bonds is 3. The molecule has 1 fully saturated rings. The van der Waals surface area contributed by atoms with Gasteiger partial charge in [-0.25, -0.2) is 4.98 Å². The molecule has 0 unspecified atom stereocenters. The maximum atomic E-state index is 12.7. The van der Waals surface area contributed by atoms with Gasteiger partial charge in [-0.05, 0) is 48.7 Å². The molecule has 4 rings (SSSR count). The summed E-state index contributed by atoms with van der Waals surface area (Å²) < 4.78 is 0. The molecule has 3 aromatic rings. The summed E-state index contributed by atoms with van der Waals surface area (Å²) in [5.74, 6) is 0.463. The molecule has 1 aromatic heterocycles. The van der Waals surface area contributed by atoms with E-state index < -0.39 is 0 Å². The molecule has 4 nitrogen and oxygen atoms in total. The number of carbonyl (C=O) groups is 1. The highest BCUT2D eigenvalue weighted by Crippen LogP contribution is 2.32. The number of anilines is 1. The number of nitrogens with zero attached hydrogens (tertiary/aromatic N) is 1. The number of hydrogen-bond donors (Lipinski definition) is 2. The molecule has 2 heterocycles. The fourth-order valence-electron chi connectivity index (χ4n) is 3.23. The van der Waals surface area contributed by atoms with E-state index in [1.165, 1.54) is 4.88 Å². The lowest BCUT2D eigenvalue weighted by Crippen LogP contribution is -2.26. The molecule has 0 atom stereocenters. The van der Waals surface area contributed by atoms with Crippen molar-refractivity contribution in [1.82, 2.24) is 10.3 Å². The Bertz CT molecular complexity index is 862. The lowest BCUT2D eigenvalue weighted by molar-refractivity contribution is 0.102. The van der Waals surface area contributed by atoms with Crippen LogP contribution in [0.25, 0.3) is 10.8 Å². The first-order valence-corrected chi connectivity index (χ1v) is 9.08. The predicted molar refractivity (Wildman–Crippen MR) is 98.9 cm³/mol. The number of benzene rings is 2. The third-order valence-corrected chi connectivity index (χ3v) is 5.60. The van der Waals surface area contributed by atoms with Crippen LogP contribution >= 0.6 is 11.3 Å². The van der Waals surface area contributed by atoms with Crippen LogP contribution in [0.15, 0.2) is 48.7 Å². The van der Waals surface area contributed by atoms with Gasteiger partial charge in [-0.3, -0.25) is 10.1 Å². The van der Waals surface area contributed by atoms with Crippen LogP contribution in [0.3, 0.4) is 0 Å². The number of hydrogen-bond acceptors (Lipinski definition) is 4. The van der Waals surface area contributed by atoms with Crippen LogP contribution in [0.2, 0.25) is 0 Å². The summed E-state index contributed by atoms with van der Waals surface area (Å²) in [4.78, 5) is 18.3. The monoisotopic (exact) mass is 337 g/mol. The molecule has 1 amide bonds. The molecule has 2 aromatic carbocycles. The average Bonchev–Trinajstić information content (AvgIpc) is 3.10. The summed E-state index contributed by atoms with van der Waals surface area (Å²) in [5, 5.41) is 9.06. The highest BCUT2D eigenvalue weighted by Gasteiger charge is 2.19. The van der Waals surface area contributed by atoms with E-state index in [0.29, 0.717) is 16.6 Å². The molecular formula is C19H19N3OS. The second-order valence-electron chi connectivity index (χ2n) is 6.07. The van der Waals surface area contributed by atoms with Crippen LogP contribution in [0, 0.1) is 0 Å². The largest absolute Gasteiger partial charge is 0.317 e. The lowest BCUT2D eigenvalue weighted by atomic mass is 9.97. The highest BCUT2D eigenvalue weighted by atomic mass is 32.1. The zero-order chi connectivity index (χ0) is 16.4. The fraction of sp³-hybridized carbons (Fsp3) is 0.263. The second kappa shape index (κ2) is 6.71. The highest BCUT2D eigenvalue weighted by molar-refractivity contribution is 7.15. The Balaban J connectivity index is 1.54. The van der Waals surface area contributed by atoms with Gasteiger partial charge < -0.3 is 5.32 Å². The second-order valence-corrected chi connectivity index (χ2v) is 7.14. The van der Waals surface area contributed by atoms with E-state index in [0.717, 1.165) is 36.7 Å². The minimum absolute atomic E-state index is 0.0991. The quantitative estimate of drug-likeness (QED) is 0.759. The number of fused-ring (bicyclic) bond motifs is 1. The van der Waals surface area contributed by atoms with Crippen LogP contribution in [-0.4, -0.2) is 24.0 Å². The van der Waals surface area contributed by atoms with E-state index in [9.17, 15) is 4.79 Å². The molecule has 0 aliphatic carbocycles. The Morgan fingerprint density at radius 1 is 1.12 bits per heavy atom. The van der Waals surface area contributed by atoms with Gasteiger partial charge in [0.1, 0.15) is 0 Å². The molecule has 1 aliphatic rings. The first-order valence-electron chi connectivity index (χ1n) is 8.27. The third kappa shape index (κ3) is 3.05. The van der Waals surface area contributed by atoms with Crippen molar-refractivity contribution in [2.45, 2.75) is 18.8 Å². The van der Waals surface area contributed by atoms with Gasteiger partial charge in [0.25, 0.3) is 5.91 Å². The van der Waals surface area contributed by atoms with E-state index in [2.05, 4.69) is 15.6 Å². The predicted octanol–water partition coefficient (Wildman–Crippen LogP) is 4.02. The molecule has 0 bridgehead atoms. The van der Waals surface area contributed by atoms with Crippen molar-refractivity contribution in [2.75, 3.05) is 18.4 Å². The Morgan fingerprint density at radius 3 is 2.79 bits per heavy atom. The maximum Gasteiger partial charge on any atom is 0.258 e. The standard InChI is InChI=1S/C19H19N3OS/c23-18(16-7-3-5-13-4-1-2-6-15(13)16)22-19-21-12-17(24-19)14-8-10-20-11-9-14/h1-7,12,14,20H,8-11H2,(H,21,22,23). The molecule has 1 aliphatic heterocycles. The molecule has 5 heteroatoms. The summed E-state index contributed by atoms with van der Waals surface area (Å²) in [7, 11) is 0. The van der Waals surface area contributed by atoms with Crippen molar-refractivity contribution in [2.24, 2.45) is 0 Å². The van der Waals surface area contributed by atoms with Gasteiger partial charge in [0.15, 0.2) is 5.13 Å². The van der Waals surface area contributed by atoms with E-state index in [-0.39, 0.29) is 5.91 Å². The topological polar surface area (TPSA) is 54.0 Å². The summed E-state index contributed by atoms with van der Waals surface area (Å²) in [5.41, 5.74) is 0.687. The summed E-state index contributed by atoms with van der Waals surface area (Å²) in [6.45, 7) is 2.11. The first kappa shape index (κ1) is 15.3. The normalized spacial score (nSPS) is 15.5. The van der Waals surface area contributed by atoms with Crippen molar-refractivity contribution in [3.05, 3.63) is 59.1 Å². The van der Waals surface area contributed by atoms with E-state index >= 15 is 0 Å². The smallest absolute Gasteiger partial charge is 0.258 e. The zero-order valence-electron chi connectivity index (χ0n) is 13.3. The fourth-order valence-corrected chi connectivity index (χ4v) is 4.21. The van der Waals surface area contributed by atoms with E-state index in [1.54, 1.807) is 11.3 Å². The SMILES string of the molecule is O=C(Nc1ncc(C2CCNCC2)s1)c1cccc2ccccc12. The van der Waals surface area contributed by atoms with Crippen LogP contribution in [-0.2, 0) is 0 Å². The van der Waals surface area contributed by atoms with Gasteiger partial charge in [0.2, 0.25) is 0 Å². The molecule has 0 saturated carbocycles. The number of aromatic nitrogens is 1. The van der Waals surface area contributed by atoms with E-state index in [4.69, 9.17) is 0 Å². The number of thiazole rings is 1. The van der Waals surface area contributed by atoms with Gasteiger partial charge in [0, 0.05) is 16.6 Å². The van der Waals surface area contributed by atoms with Gasteiger partial charge in [0.05, 0.1) is 0 Å². The maximum absolute atomic E-state index is 12.7. The van der Waals surface area contributed by atoms with Crippen LogP contribution in [0.5, 0.6) is 0 Å². The van der Waals surface area contributed by atoms with Crippen molar-refractivity contribution in [3.63, 3.8) is 0 Å². The van der Waals surface area contributed by atoms with Crippen molar-refractivity contribution in [3.8, 4) is 0 Å². The van der Waals surface area contributed by atoms with Gasteiger partial charge >= 0.3 is 0 Å².